The molecule has 0 N–H and O–H groups in total. The maximum Gasteiger partial charge on any atom is 0.286 e. The van der Waals surface area contributed by atoms with E-state index in [1.54, 1.807) is 14.2 Å². The number of nitrogens with zero attached hydrogens (tertiary/aromatic N) is 2. The third kappa shape index (κ3) is 3.79. The molecule has 0 aliphatic carbocycles. The highest BCUT2D eigenvalue weighted by molar-refractivity contribution is 5.99. The minimum absolute atomic E-state index is 0.0432. The van der Waals surface area contributed by atoms with Gasteiger partial charge in [-0.1, -0.05) is 17.7 Å². The van der Waals surface area contributed by atoms with Crippen LogP contribution in [0.15, 0.2) is 30.3 Å². The van der Waals surface area contributed by atoms with E-state index in [0.29, 0.717) is 24.7 Å². The van der Waals surface area contributed by atoms with Gasteiger partial charge in [-0.25, -0.2) is 0 Å². The van der Waals surface area contributed by atoms with Crippen molar-refractivity contribution in [3.63, 3.8) is 0 Å². The van der Waals surface area contributed by atoms with E-state index < -0.39 is 10.8 Å². The first-order valence-electron chi connectivity index (χ1n) is 8.37. The maximum absolute atomic E-state index is 12.9. The molecule has 0 fully saturated rings. The van der Waals surface area contributed by atoms with Crippen LogP contribution in [-0.2, 0) is 6.54 Å². The Morgan fingerprint density at radius 1 is 1.22 bits per heavy atom. The first-order chi connectivity index (χ1) is 12.9. The number of methoxy groups -OCH3 is 1. The molecule has 3 rings (SSSR count). The van der Waals surface area contributed by atoms with E-state index in [2.05, 4.69) is 0 Å². The summed E-state index contributed by atoms with van der Waals surface area (Å²) in [6.07, 6.45) is 0. The van der Waals surface area contributed by atoms with Crippen molar-refractivity contribution in [2.24, 2.45) is 0 Å². The number of fused-ring (bicyclic) bond motifs is 1. The highest BCUT2D eigenvalue weighted by atomic mass is 16.6. The van der Waals surface area contributed by atoms with Crippen LogP contribution < -0.4 is 14.2 Å². The Morgan fingerprint density at radius 3 is 2.52 bits per heavy atom. The Bertz CT molecular complexity index is 896. The molecule has 0 atom stereocenters. The predicted octanol–water partition coefficient (Wildman–Crippen LogP) is 2.96. The van der Waals surface area contributed by atoms with E-state index in [9.17, 15) is 14.9 Å². The van der Waals surface area contributed by atoms with Gasteiger partial charge in [0, 0.05) is 25.2 Å². The summed E-state index contributed by atoms with van der Waals surface area (Å²) in [6.45, 7) is 2.82. The van der Waals surface area contributed by atoms with Gasteiger partial charge in [0.15, 0.2) is 11.5 Å². The Kier molecular flexibility index (Phi) is 5.16. The van der Waals surface area contributed by atoms with Crippen LogP contribution in [0.5, 0.6) is 17.2 Å². The minimum Gasteiger partial charge on any atom is -0.496 e. The molecule has 0 radical (unpaired) electrons. The summed E-state index contributed by atoms with van der Waals surface area (Å²) >= 11 is 0. The molecule has 1 aliphatic rings. The number of amides is 1. The average molecular weight is 372 g/mol. The van der Waals surface area contributed by atoms with Gasteiger partial charge in [0.05, 0.1) is 18.1 Å². The molecule has 0 saturated heterocycles. The molecule has 0 spiro atoms. The largest absolute Gasteiger partial charge is 0.496 e. The van der Waals surface area contributed by atoms with E-state index in [1.165, 1.54) is 17.0 Å². The first kappa shape index (κ1) is 18.5. The number of rotatable bonds is 5. The standard InChI is InChI=1S/C19H20N2O6/c1-12-4-5-16(25-3)13(8-12)11-20(2)19(22)14-9-17-18(27-7-6-26-17)10-15(14)21(23)24/h4-5,8-10H,6-7,11H2,1-3H3. The highest BCUT2D eigenvalue weighted by Gasteiger charge is 2.28. The second kappa shape index (κ2) is 7.53. The molecule has 8 heteroatoms. The van der Waals surface area contributed by atoms with Crippen molar-refractivity contribution in [3.05, 3.63) is 57.1 Å². The molecule has 1 heterocycles. The SMILES string of the molecule is COc1ccc(C)cc1CN(C)C(=O)c1cc2c(cc1[N+](=O)[O-])OCCO2. The topological polar surface area (TPSA) is 91.1 Å². The molecule has 8 nitrogen and oxygen atoms in total. The summed E-state index contributed by atoms with van der Waals surface area (Å²) in [6, 6.07) is 8.27. The number of hydrogen-bond acceptors (Lipinski definition) is 6. The lowest BCUT2D eigenvalue weighted by molar-refractivity contribution is -0.385. The van der Waals surface area contributed by atoms with Crippen molar-refractivity contribution in [2.75, 3.05) is 27.4 Å². The molecule has 2 aromatic rings. The second-order valence-corrected chi connectivity index (χ2v) is 6.25. The summed E-state index contributed by atoms with van der Waals surface area (Å²) in [5.41, 5.74) is 1.48. The molecule has 142 valence electrons. The smallest absolute Gasteiger partial charge is 0.286 e. The monoisotopic (exact) mass is 372 g/mol. The lowest BCUT2D eigenvalue weighted by Crippen LogP contribution is -2.27. The Balaban J connectivity index is 1.93. The maximum atomic E-state index is 12.9. The second-order valence-electron chi connectivity index (χ2n) is 6.25. The summed E-state index contributed by atoms with van der Waals surface area (Å²) in [5.74, 6) is 0.767. The van der Waals surface area contributed by atoms with E-state index in [1.807, 2.05) is 25.1 Å². The van der Waals surface area contributed by atoms with Crippen LogP contribution in [0.3, 0.4) is 0 Å². The van der Waals surface area contributed by atoms with Gasteiger partial charge in [0.2, 0.25) is 0 Å². The summed E-state index contributed by atoms with van der Waals surface area (Å²) < 4.78 is 16.2. The van der Waals surface area contributed by atoms with Gasteiger partial charge in [0.1, 0.15) is 24.5 Å². The molecule has 1 aliphatic heterocycles. The lowest BCUT2D eigenvalue weighted by Gasteiger charge is -2.22. The van der Waals surface area contributed by atoms with Gasteiger partial charge < -0.3 is 19.1 Å². The van der Waals surface area contributed by atoms with Crippen LogP contribution in [-0.4, -0.2) is 43.1 Å². The van der Waals surface area contributed by atoms with Crippen LogP contribution in [0.1, 0.15) is 21.5 Å². The fourth-order valence-corrected chi connectivity index (χ4v) is 2.96. The van der Waals surface area contributed by atoms with E-state index in [0.717, 1.165) is 11.1 Å². The molecule has 2 aromatic carbocycles. The van der Waals surface area contributed by atoms with Crippen molar-refractivity contribution in [3.8, 4) is 17.2 Å². The molecule has 0 saturated carbocycles. The van der Waals surface area contributed by atoms with E-state index in [4.69, 9.17) is 14.2 Å². The predicted molar refractivity (Wildman–Crippen MR) is 97.6 cm³/mol. The number of carbonyl (C=O) groups excluding carboxylic acids is 1. The number of benzene rings is 2. The number of nitro benzene ring substituents is 1. The van der Waals surface area contributed by atoms with Crippen LogP contribution in [0, 0.1) is 17.0 Å². The van der Waals surface area contributed by atoms with Crippen LogP contribution in [0.4, 0.5) is 5.69 Å². The quantitative estimate of drug-likeness (QED) is 0.592. The van der Waals surface area contributed by atoms with Crippen molar-refractivity contribution < 1.29 is 23.9 Å². The number of nitro groups is 1. The fraction of sp³-hybridized carbons (Fsp3) is 0.316. The molecule has 0 unspecified atom stereocenters. The number of ether oxygens (including phenoxy) is 3. The van der Waals surface area contributed by atoms with E-state index in [-0.39, 0.29) is 23.5 Å². The molecular weight excluding hydrogens is 352 g/mol. The van der Waals surface area contributed by atoms with Crippen molar-refractivity contribution in [1.82, 2.24) is 4.90 Å². The lowest BCUT2D eigenvalue weighted by atomic mass is 10.1. The highest BCUT2D eigenvalue weighted by Crippen LogP contribution is 2.37. The Labute approximate surface area is 156 Å². The first-order valence-corrected chi connectivity index (χ1v) is 8.37. The zero-order chi connectivity index (χ0) is 19.6. The van der Waals surface area contributed by atoms with Gasteiger partial charge in [-0.2, -0.15) is 0 Å². The summed E-state index contributed by atoms with van der Waals surface area (Å²) in [7, 11) is 3.15. The normalized spacial score (nSPS) is 12.4. The minimum atomic E-state index is -0.591. The molecular formula is C19H20N2O6. The van der Waals surface area contributed by atoms with E-state index >= 15 is 0 Å². The van der Waals surface area contributed by atoms with Gasteiger partial charge in [0.25, 0.3) is 11.6 Å². The van der Waals surface area contributed by atoms with Crippen molar-refractivity contribution >= 4 is 11.6 Å². The molecule has 0 aromatic heterocycles. The molecule has 1 amide bonds. The zero-order valence-corrected chi connectivity index (χ0v) is 15.4. The van der Waals surface area contributed by atoms with Gasteiger partial charge in [-0.3, -0.25) is 14.9 Å². The number of hydrogen-bond donors (Lipinski definition) is 0. The number of aryl methyl sites for hydroxylation is 1. The third-order valence-electron chi connectivity index (χ3n) is 4.28. The van der Waals surface area contributed by atoms with Crippen LogP contribution >= 0.6 is 0 Å². The zero-order valence-electron chi connectivity index (χ0n) is 15.4. The third-order valence-corrected chi connectivity index (χ3v) is 4.28. The molecule has 0 bridgehead atoms. The van der Waals surface area contributed by atoms with Crippen molar-refractivity contribution in [2.45, 2.75) is 13.5 Å². The van der Waals surface area contributed by atoms with Crippen LogP contribution in [0.2, 0.25) is 0 Å². The van der Waals surface area contributed by atoms with Crippen LogP contribution in [0.25, 0.3) is 0 Å². The Hall–Kier alpha value is -3.29. The number of carbonyl (C=O) groups is 1. The Morgan fingerprint density at radius 2 is 1.89 bits per heavy atom. The summed E-state index contributed by atoms with van der Waals surface area (Å²) in [4.78, 5) is 25.2. The summed E-state index contributed by atoms with van der Waals surface area (Å²) in [5, 5.41) is 11.5. The van der Waals surface area contributed by atoms with Crippen molar-refractivity contribution in [1.29, 1.82) is 0 Å². The van der Waals surface area contributed by atoms with Gasteiger partial charge >= 0.3 is 0 Å². The molecule has 27 heavy (non-hydrogen) atoms. The van der Waals surface area contributed by atoms with Gasteiger partial charge in [-0.15, -0.1) is 0 Å². The fourth-order valence-electron chi connectivity index (χ4n) is 2.96. The van der Waals surface area contributed by atoms with Gasteiger partial charge in [-0.05, 0) is 13.0 Å². The average Bonchev–Trinajstić information content (AvgIpc) is 2.66.